The standard InChI is InChI=1S/C19H17FN4O3S2/c1-27-15-4-2-3-14(10-15)21-17(26)11-28-19-24-23-18(29-19)22-16(25)9-12-5-7-13(20)8-6-12/h2-8,10H,9,11H2,1H3,(H,21,26)(H,22,23,25). The summed E-state index contributed by atoms with van der Waals surface area (Å²) in [6, 6.07) is 12.8. The number of ether oxygens (including phenoxy) is 1. The number of aromatic nitrogens is 2. The molecule has 0 aliphatic rings. The van der Waals surface area contributed by atoms with Crippen molar-refractivity contribution in [3.05, 3.63) is 59.9 Å². The second-order valence-electron chi connectivity index (χ2n) is 5.79. The lowest BCUT2D eigenvalue weighted by Gasteiger charge is -2.06. The number of rotatable bonds is 8. The normalized spacial score (nSPS) is 10.4. The summed E-state index contributed by atoms with van der Waals surface area (Å²) >= 11 is 2.40. The third-order valence-corrected chi connectivity index (χ3v) is 5.58. The number of halogens is 1. The van der Waals surface area contributed by atoms with E-state index >= 15 is 0 Å². The van der Waals surface area contributed by atoms with Crippen LogP contribution < -0.4 is 15.4 Å². The van der Waals surface area contributed by atoms with Crippen molar-refractivity contribution < 1.29 is 18.7 Å². The third kappa shape index (κ3) is 6.54. The van der Waals surface area contributed by atoms with Crippen LogP contribution in [0.1, 0.15) is 5.56 Å². The average Bonchev–Trinajstić information content (AvgIpc) is 3.15. The van der Waals surface area contributed by atoms with E-state index in [1.54, 1.807) is 43.5 Å². The fraction of sp³-hybridized carbons (Fsp3) is 0.158. The van der Waals surface area contributed by atoms with Gasteiger partial charge in [0.15, 0.2) is 4.34 Å². The van der Waals surface area contributed by atoms with Crippen molar-refractivity contribution in [3.63, 3.8) is 0 Å². The first kappa shape index (κ1) is 20.7. The van der Waals surface area contributed by atoms with Crippen molar-refractivity contribution in [1.82, 2.24) is 10.2 Å². The molecule has 0 radical (unpaired) electrons. The summed E-state index contributed by atoms with van der Waals surface area (Å²) in [6.45, 7) is 0. The summed E-state index contributed by atoms with van der Waals surface area (Å²) in [5.41, 5.74) is 1.33. The number of amides is 2. The molecular weight excluding hydrogens is 415 g/mol. The smallest absolute Gasteiger partial charge is 0.234 e. The molecule has 1 heterocycles. The minimum Gasteiger partial charge on any atom is -0.497 e. The van der Waals surface area contributed by atoms with Gasteiger partial charge in [0.2, 0.25) is 16.9 Å². The van der Waals surface area contributed by atoms with Crippen LogP contribution in [0.2, 0.25) is 0 Å². The molecule has 150 valence electrons. The van der Waals surface area contributed by atoms with Crippen LogP contribution in [0.4, 0.5) is 15.2 Å². The molecule has 0 unspecified atom stereocenters. The highest BCUT2D eigenvalue weighted by atomic mass is 32.2. The second-order valence-corrected chi connectivity index (χ2v) is 7.99. The van der Waals surface area contributed by atoms with Crippen LogP contribution in [-0.2, 0) is 16.0 Å². The van der Waals surface area contributed by atoms with E-state index in [0.717, 1.165) is 0 Å². The molecule has 0 fully saturated rings. The van der Waals surface area contributed by atoms with E-state index in [-0.39, 0.29) is 29.8 Å². The number of thioether (sulfide) groups is 1. The van der Waals surface area contributed by atoms with E-state index in [1.165, 1.54) is 35.2 Å². The van der Waals surface area contributed by atoms with Crippen LogP contribution in [0.25, 0.3) is 0 Å². The lowest BCUT2D eigenvalue weighted by Crippen LogP contribution is -2.14. The molecule has 0 atom stereocenters. The Morgan fingerprint density at radius 1 is 1.10 bits per heavy atom. The number of hydrogen-bond acceptors (Lipinski definition) is 7. The lowest BCUT2D eigenvalue weighted by atomic mass is 10.1. The van der Waals surface area contributed by atoms with Gasteiger partial charge in [-0.3, -0.25) is 9.59 Å². The highest BCUT2D eigenvalue weighted by Gasteiger charge is 2.11. The van der Waals surface area contributed by atoms with Gasteiger partial charge in [-0.25, -0.2) is 4.39 Å². The van der Waals surface area contributed by atoms with Crippen LogP contribution in [0, 0.1) is 5.82 Å². The van der Waals surface area contributed by atoms with Crippen LogP contribution in [0.15, 0.2) is 52.9 Å². The molecule has 3 aromatic rings. The Morgan fingerprint density at radius 2 is 1.90 bits per heavy atom. The number of methoxy groups -OCH3 is 1. The minimum atomic E-state index is -0.351. The van der Waals surface area contributed by atoms with Gasteiger partial charge in [0.1, 0.15) is 11.6 Å². The highest BCUT2D eigenvalue weighted by molar-refractivity contribution is 8.01. The number of anilines is 2. The average molecular weight is 433 g/mol. The SMILES string of the molecule is COc1cccc(NC(=O)CSc2nnc(NC(=O)Cc3ccc(F)cc3)s2)c1. The number of carbonyl (C=O) groups excluding carboxylic acids is 2. The quantitative estimate of drug-likeness (QED) is 0.417. The maximum absolute atomic E-state index is 12.9. The van der Waals surface area contributed by atoms with Crippen molar-refractivity contribution in [2.45, 2.75) is 10.8 Å². The fourth-order valence-electron chi connectivity index (χ4n) is 2.29. The van der Waals surface area contributed by atoms with E-state index in [9.17, 15) is 14.0 Å². The summed E-state index contributed by atoms with van der Waals surface area (Å²) < 4.78 is 18.6. The van der Waals surface area contributed by atoms with Gasteiger partial charge in [-0.05, 0) is 29.8 Å². The van der Waals surface area contributed by atoms with Gasteiger partial charge in [0.25, 0.3) is 0 Å². The molecule has 1 aromatic heterocycles. The fourth-order valence-corrected chi connectivity index (χ4v) is 3.86. The number of nitrogens with zero attached hydrogens (tertiary/aromatic N) is 2. The van der Waals surface area contributed by atoms with E-state index in [4.69, 9.17) is 4.74 Å². The Kier molecular flexibility index (Phi) is 7.14. The summed E-state index contributed by atoms with van der Waals surface area (Å²) in [4.78, 5) is 24.1. The molecule has 2 aromatic carbocycles. The first-order chi connectivity index (χ1) is 14.0. The molecule has 2 amide bonds. The summed E-state index contributed by atoms with van der Waals surface area (Å²) in [5, 5.41) is 13.6. The minimum absolute atomic E-state index is 0.102. The van der Waals surface area contributed by atoms with Crippen LogP contribution in [0.3, 0.4) is 0 Å². The van der Waals surface area contributed by atoms with E-state index in [0.29, 0.717) is 26.5 Å². The van der Waals surface area contributed by atoms with E-state index in [2.05, 4.69) is 20.8 Å². The Labute approximate surface area is 174 Å². The van der Waals surface area contributed by atoms with Gasteiger partial charge in [-0.15, -0.1) is 10.2 Å². The zero-order valence-corrected chi connectivity index (χ0v) is 17.0. The molecule has 29 heavy (non-hydrogen) atoms. The van der Waals surface area contributed by atoms with Gasteiger partial charge in [-0.1, -0.05) is 41.3 Å². The van der Waals surface area contributed by atoms with Crippen molar-refractivity contribution in [2.24, 2.45) is 0 Å². The van der Waals surface area contributed by atoms with Crippen LogP contribution in [-0.4, -0.2) is 34.9 Å². The van der Waals surface area contributed by atoms with Gasteiger partial charge >= 0.3 is 0 Å². The monoisotopic (exact) mass is 432 g/mol. The topological polar surface area (TPSA) is 93.2 Å². The van der Waals surface area contributed by atoms with Crippen molar-refractivity contribution in [1.29, 1.82) is 0 Å². The Hall–Kier alpha value is -2.98. The molecule has 10 heteroatoms. The van der Waals surface area contributed by atoms with Gasteiger partial charge in [0.05, 0.1) is 19.3 Å². The van der Waals surface area contributed by atoms with Crippen molar-refractivity contribution in [3.8, 4) is 5.75 Å². The number of carbonyl (C=O) groups is 2. The molecule has 0 bridgehead atoms. The van der Waals surface area contributed by atoms with Crippen LogP contribution >= 0.6 is 23.1 Å². The van der Waals surface area contributed by atoms with Gasteiger partial charge in [0, 0.05) is 11.8 Å². The maximum atomic E-state index is 12.9. The lowest BCUT2D eigenvalue weighted by molar-refractivity contribution is -0.115. The zero-order chi connectivity index (χ0) is 20.6. The zero-order valence-electron chi connectivity index (χ0n) is 15.3. The Bertz CT molecular complexity index is 995. The van der Waals surface area contributed by atoms with Crippen molar-refractivity contribution >= 4 is 45.7 Å². The number of hydrogen-bond donors (Lipinski definition) is 2. The molecule has 0 aliphatic carbocycles. The first-order valence-electron chi connectivity index (χ1n) is 8.46. The van der Waals surface area contributed by atoms with E-state index in [1.807, 2.05) is 0 Å². The Morgan fingerprint density at radius 3 is 2.66 bits per heavy atom. The Balaban J connectivity index is 1.46. The maximum Gasteiger partial charge on any atom is 0.234 e. The van der Waals surface area contributed by atoms with Gasteiger partial charge < -0.3 is 15.4 Å². The van der Waals surface area contributed by atoms with Gasteiger partial charge in [-0.2, -0.15) is 0 Å². The molecule has 2 N–H and O–H groups in total. The van der Waals surface area contributed by atoms with Crippen molar-refractivity contribution in [2.75, 3.05) is 23.5 Å². The largest absolute Gasteiger partial charge is 0.497 e. The predicted octanol–water partition coefficient (Wildman–Crippen LogP) is 3.60. The third-order valence-electron chi connectivity index (χ3n) is 3.61. The predicted molar refractivity (Wildman–Crippen MR) is 111 cm³/mol. The number of benzene rings is 2. The number of nitrogens with one attached hydrogen (secondary N) is 2. The summed E-state index contributed by atoms with van der Waals surface area (Å²) in [6.07, 6.45) is 0.102. The molecule has 0 aliphatic heterocycles. The molecule has 3 rings (SSSR count). The molecular formula is C19H17FN4O3S2. The summed E-state index contributed by atoms with van der Waals surface area (Å²) in [5.74, 6) is -0.0218. The second kappa shape index (κ2) is 9.99. The van der Waals surface area contributed by atoms with Crippen LogP contribution in [0.5, 0.6) is 5.75 Å². The highest BCUT2D eigenvalue weighted by Crippen LogP contribution is 2.26. The summed E-state index contributed by atoms with van der Waals surface area (Å²) in [7, 11) is 1.56. The molecule has 0 saturated carbocycles. The molecule has 0 spiro atoms. The first-order valence-corrected chi connectivity index (χ1v) is 10.3. The molecule has 0 saturated heterocycles. The molecule has 7 nitrogen and oxygen atoms in total. The van der Waals surface area contributed by atoms with E-state index < -0.39 is 0 Å².